The first kappa shape index (κ1) is 24.8. The van der Waals surface area contributed by atoms with Crippen molar-refractivity contribution >= 4 is 88.3 Å². The van der Waals surface area contributed by atoms with Gasteiger partial charge in [0.15, 0.2) is 0 Å². The molecular weight excluding hydrogens is 424 g/mol. The monoisotopic (exact) mass is 437 g/mol. The number of fused-ring (bicyclic) bond motifs is 8. The minimum absolute atomic E-state index is 0. The molecule has 2 N–H and O–H groups in total. The predicted molar refractivity (Wildman–Crippen MR) is 142 cm³/mol. The number of aromatic nitrogens is 4. The van der Waals surface area contributed by atoms with Gasteiger partial charge in [0.05, 0.1) is 67.1 Å². The molecule has 8 bridgehead atoms. The van der Waals surface area contributed by atoms with Crippen LogP contribution in [0.2, 0.25) is 0 Å². The summed E-state index contributed by atoms with van der Waals surface area (Å²) in [5.74, 6) is 10.9. The first-order chi connectivity index (χ1) is 15.7. The molecule has 5 rings (SSSR count). The van der Waals surface area contributed by atoms with Gasteiger partial charge in [-0.3, -0.25) is 0 Å². The molecule has 0 fully saturated rings. The fraction of sp³-hybridized carbons (Fsp3) is 0. The maximum Gasteiger partial charge on any atom is 0.0816 e. The van der Waals surface area contributed by atoms with Crippen molar-refractivity contribution in [1.82, 2.24) is 19.9 Å². The number of nitrogens with zero attached hydrogens (tertiary/aromatic N) is 2. The average Bonchev–Trinajstić information content (AvgIpc) is 3.59. The number of nitrogens with one attached hydrogen (secondary N) is 2. The van der Waals surface area contributed by atoms with E-state index in [1.54, 1.807) is 0 Å². The summed E-state index contributed by atoms with van der Waals surface area (Å²) < 4.78 is 0. The fourth-order valence-corrected chi connectivity index (χ4v) is 3.81. The van der Waals surface area contributed by atoms with Gasteiger partial charge < -0.3 is 9.97 Å². The van der Waals surface area contributed by atoms with Crippen molar-refractivity contribution in [3.05, 3.63) is 69.3 Å². The van der Waals surface area contributed by atoms with Gasteiger partial charge in [0.2, 0.25) is 0 Å². The first-order valence-corrected chi connectivity index (χ1v) is 9.69. The molecule has 0 saturated carbocycles. The third-order valence-electron chi connectivity index (χ3n) is 5.33. The van der Waals surface area contributed by atoms with E-state index < -0.39 is 0 Å². The summed E-state index contributed by atoms with van der Waals surface area (Å²) in [6.07, 6.45) is 30.7. The van der Waals surface area contributed by atoms with Crippen LogP contribution in [0.15, 0.2) is 24.3 Å². The van der Waals surface area contributed by atoms with E-state index in [9.17, 15) is 0 Å². The Bertz CT molecular complexity index is 1610. The second-order valence-corrected chi connectivity index (χ2v) is 7.08. The Morgan fingerprint density at radius 2 is 0.794 bits per heavy atom. The summed E-state index contributed by atoms with van der Waals surface area (Å²) in [4.78, 5) is 16.0. The van der Waals surface area contributed by atoms with E-state index in [0.29, 0.717) is 45.0 Å². The van der Waals surface area contributed by atoms with Crippen molar-refractivity contribution in [1.29, 1.82) is 0 Å². The molecule has 0 spiro atoms. The van der Waals surface area contributed by atoms with Gasteiger partial charge in [0.1, 0.15) is 0 Å². The minimum Gasteiger partial charge on any atom is -0.353 e. The van der Waals surface area contributed by atoms with Crippen molar-refractivity contribution in [3.8, 4) is 49.4 Å². The molecule has 3 radical (unpaired) electrons. The summed E-state index contributed by atoms with van der Waals surface area (Å²) in [7, 11) is 0. The Hall–Kier alpha value is -3.80. The zero-order valence-electron chi connectivity index (χ0n) is 18.5. The van der Waals surface area contributed by atoms with E-state index in [4.69, 9.17) is 25.7 Å². The van der Waals surface area contributed by atoms with Gasteiger partial charge in [-0.05, 0) is 48.6 Å². The summed E-state index contributed by atoms with van der Waals surface area (Å²) >= 11 is 0. The SMILES string of the molecule is C#Cc1c2nc(c(C#C)c3ccc([nH]3)c(C#C)c3ccc([nH]3)c(C#C)c3nc1C=C3)C=C2.[Li].[Mg]. The third kappa shape index (κ3) is 4.00. The van der Waals surface area contributed by atoms with Crippen LogP contribution in [0.4, 0.5) is 0 Å². The number of hydrogen-bond donors (Lipinski definition) is 2. The molecule has 0 saturated heterocycles. The average molecular weight is 438 g/mol. The maximum atomic E-state index is 5.85. The second-order valence-electron chi connectivity index (χ2n) is 7.08. The molecule has 3 aromatic heterocycles. The van der Waals surface area contributed by atoms with E-state index in [0.717, 1.165) is 22.1 Å². The quantitative estimate of drug-likeness (QED) is 0.286. The molecule has 2 aliphatic heterocycles. The first-order valence-electron chi connectivity index (χ1n) is 9.69. The van der Waals surface area contributed by atoms with Gasteiger partial charge >= 0.3 is 0 Å². The van der Waals surface area contributed by atoms with Crippen LogP contribution in [0, 0.1) is 49.4 Å². The Kier molecular flexibility index (Phi) is 7.30. The third-order valence-corrected chi connectivity index (χ3v) is 5.33. The Labute approximate surface area is 225 Å². The zero-order valence-corrected chi connectivity index (χ0v) is 19.9. The number of rotatable bonds is 0. The molecule has 3 aromatic rings. The van der Waals surface area contributed by atoms with Crippen molar-refractivity contribution in [2.75, 3.05) is 0 Å². The van der Waals surface area contributed by atoms with Crippen molar-refractivity contribution in [2.24, 2.45) is 0 Å². The molecule has 5 heterocycles. The van der Waals surface area contributed by atoms with E-state index >= 15 is 0 Å². The molecule has 2 aliphatic rings. The number of H-pyrrole nitrogens is 2. The van der Waals surface area contributed by atoms with Gasteiger partial charge in [0.25, 0.3) is 0 Å². The van der Waals surface area contributed by atoms with Gasteiger partial charge in [0, 0.05) is 41.9 Å². The topological polar surface area (TPSA) is 57.4 Å². The predicted octanol–water partition coefficient (Wildman–Crippen LogP) is 3.82. The van der Waals surface area contributed by atoms with E-state index in [2.05, 4.69) is 43.6 Å². The smallest absolute Gasteiger partial charge is 0.0816 e. The van der Waals surface area contributed by atoms with Crippen LogP contribution >= 0.6 is 0 Å². The molecular formula is C28H14LiMgN4. The summed E-state index contributed by atoms with van der Waals surface area (Å²) in [6, 6.07) is 7.54. The van der Waals surface area contributed by atoms with Crippen LogP contribution in [-0.2, 0) is 0 Å². The maximum absolute atomic E-state index is 5.85. The largest absolute Gasteiger partial charge is 0.353 e. The molecule has 0 aromatic carbocycles. The van der Waals surface area contributed by atoms with Crippen molar-refractivity contribution < 1.29 is 0 Å². The number of hydrogen-bond acceptors (Lipinski definition) is 2. The summed E-state index contributed by atoms with van der Waals surface area (Å²) in [5, 5.41) is 0. The Balaban J connectivity index is 0.00000162. The van der Waals surface area contributed by atoms with Crippen LogP contribution in [-0.4, -0.2) is 61.8 Å². The van der Waals surface area contributed by atoms with E-state index in [-0.39, 0.29) is 41.9 Å². The minimum atomic E-state index is 0. The van der Waals surface area contributed by atoms with Gasteiger partial charge in [-0.2, -0.15) is 0 Å². The summed E-state index contributed by atoms with van der Waals surface area (Å²) in [5.41, 5.74) is 7.84. The normalized spacial score (nSPS) is 10.7. The van der Waals surface area contributed by atoms with E-state index in [1.165, 1.54) is 0 Å². The second kappa shape index (κ2) is 10.00. The van der Waals surface area contributed by atoms with Crippen molar-refractivity contribution in [3.63, 3.8) is 0 Å². The fourth-order valence-electron chi connectivity index (χ4n) is 3.81. The van der Waals surface area contributed by atoms with E-state index in [1.807, 2.05) is 48.6 Å². The van der Waals surface area contributed by atoms with Gasteiger partial charge in [-0.1, -0.05) is 23.7 Å². The molecule has 4 nitrogen and oxygen atoms in total. The van der Waals surface area contributed by atoms with Crippen LogP contribution in [0.5, 0.6) is 0 Å². The van der Waals surface area contributed by atoms with Crippen LogP contribution < -0.4 is 0 Å². The Morgan fingerprint density at radius 1 is 0.500 bits per heavy atom. The molecule has 0 aliphatic carbocycles. The van der Waals surface area contributed by atoms with Crippen LogP contribution in [0.3, 0.4) is 0 Å². The van der Waals surface area contributed by atoms with Crippen LogP contribution in [0.1, 0.15) is 45.0 Å². The molecule has 0 unspecified atom stereocenters. The molecule has 0 atom stereocenters. The Morgan fingerprint density at radius 3 is 1.12 bits per heavy atom. The number of aromatic amines is 2. The molecule has 0 amide bonds. The molecule has 6 heteroatoms. The zero-order chi connectivity index (χ0) is 22.2. The van der Waals surface area contributed by atoms with Crippen molar-refractivity contribution in [2.45, 2.75) is 0 Å². The van der Waals surface area contributed by atoms with Gasteiger partial charge in [-0.15, -0.1) is 25.7 Å². The summed E-state index contributed by atoms with van der Waals surface area (Å²) in [6.45, 7) is 0. The van der Waals surface area contributed by atoms with Crippen LogP contribution in [0.25, 0.3) is 46.4 Å². The molecule has 149 valence electrons. The standard InChI is InChI=1S/C28H14N4.Li.Mg/c1-5-17-21-9-11-23(29-21)18(6-2)25-13-15-27(31-25)20(8-4)28-16-14-26(32-28)19(7-3)24-12-10-22(17)30-24;;/h1-4,9-16,29-30H;;. The molecule has 34 heavy (non-hydrogen) atoms. The number of terminal acetylenes is 4. The van der Waals surface area contributed by atoms with Gasteiger partial charge in [-0.25, -0.2) is 9.97 Å².